The average molecular weight is 551 g/mol. The summed E-state index contributed by atoms with van der Waals surface area (Å²) < 4.78 is 44.9. The summed E-state index contributed by atoms with van der Waals surface area (Å²) in [5, 5.41) is 3.51. The van der Waals surface area contributed by atoms with Gasteiger partial charge >= 0.3 is 6.18 Å². The second-order valence-corrected chi connectivity index (χ2v) is 12.5. The molecular weight excluding hydrogens is 517 g/mol. The van der Waals surface area contributed by atoms with Crippen LogP contribution in [0.2, 0.25) is 0 Å². The predicted octanol–water partition coefficient (Wildman–Crippen LogP) is 8.62. The normalized spacial score (nSPS) is 16.3. The summed E-state index contributed by atoms with van der Waals surface area (Å²) in [5.41, 5.74) is 4.76. The first-order chi connectivity index (χ1) is 18.5. The molecule has 0 amide bonds. The first-order valence-electron chi connectivity index (χ1n) is 13.1. The van der Waals surface area contributed by atoms with E-state index >= 15 is 0 Å². The Morgan fingerprint density at radius 2 is 1.74 bits per heavy atom. The first-order valence-corrected chi connectivity index (χ1v) is 14.0. The monoisotopic (exact) mass is 550 g/mol. The minimum Gasteiger partial charge on any atom is -0.455 e. The maximum absolute atomic E-state index is 13.2. The molecule has 1 aliphatic rings. The van der Waals surface area contributed by atoms with Gasteiger partial charge in [-0.2, -0.15) is 13.2 Å². The second kappa shape index (κ2) is 10.9. The first kappa shape index (κ1) is 27.5. The van der Waals surface area contributed by atoms with Gasteiger partial charge in [0.2, 0.25) is 5.76 Å². The zero-order chi connectivity index (χ0) is 27.8. The van der Waals surface area contributed by atoms with Gasteiger partial charge in [-0.15, -0.1) is 0 Å². The van der Waals surface area contributed by atoms with Crippen LogP contribution in [0.25, 0.3) is 10.8 Å². The zero-order valence-corrected chi connectivity index (χ0v) is 23.5. The molecule has 5 rings (SSSR count). The molecule has 1 aromatic heterocycles. The van der Waals surface area contributed by atoms with Gasteiger partial charge < -0.3 is 4.42 Å². The molecule has 0 spiro atoms. The Bertz CT molecular complexity index is 1500. The van der Waals surface area contributed by atoms with Crippen molar-refractivity contribution in [2.24, 2.45) is 4.99 Å². The topological polar surface area (TPSA) is 28.7 Å². The summed E-state index contributed by atoms with van der Waals surface area (Å²) >= 11 is 1.75. The van der Waals surface area contributed by atoms with Crippen LogP contribution in [0, 0.1) is 6.92 Å². The number of benzene rings is 3. The van der Waals surface area contributed by atoms with Gasteiger partial charge in [0.05, 0.1) is 18.1 Å². The van der Waals surface area contributed by atoms with Gasteiger partial charge in [0, 0.05) is 23.9 Å². The zero-order valence-electron chi connectivity index (χ0n) is 22.7. The molecule has 1 unspecified atom stereocenters. The van der Waals surface area contributed by atoms with Crippen molar-refractivity contribution in [2.45, 2.75) is 57.6 Å². The Morgan fingerprint density at radius 1 is 0.949 bits per heavy atom. The summed E-state index contributed by atoms with van der Waals surface area (Å²) in [6.07, 6.45) is -4.50. The Kier molecular flexibility index (Phi) is 7.66. The average Bonchev–Trinajstić information content (AvgIpc) is 3.55. The Labute approximate surface area is 232 Å². The number of aliphatic imine (C=N–C) groups is 1. The third kappa shape index (κ3) is 6.42. The fraction of sp³-hybridized carbons (Fsp3) is 0.344. The van der Waals surface area contributed by atoms with Crippen LogP contribution in [0.4, 0.5) is 13.2 Å². The number of alkyl halides is 3. The minimum absolute atomic E-state index is 0.0463. The minimum atomic E-state index is -4.50. The van der Waals surface area contributed by atoms with E-state index in [1.807, 2.05) is 12.1 Å². The molecule has 0 saturated carbocycles. The molecule has 0 fully saturated rings. The molecule has 0 saturated heterocycles. The Morgan fingerprint density at radius 3 is 2.49 bits per heavy atom. The van der Waals surface area contributed by atoms with Gasteiger partial charge in [-0.25, -0.2) is 0 Å². The number of rotatable bonds is 7. The van der Waals surface area contributed by atoms with E-state index < -0.39 is 11.9 Å². The summed E-state index contributed by atoms with van der Waals surface area (Å²) in [5.74, 6) is -0.652. The third-order valence-corrected chi connectivity index (χ3v) is 8.35. The largest absolute Gasteiger partial charge is 0.455 e. The summed E-state index contributed by atoms with van der Waals surface area (Å²) in [4.78, 5) is 7.05. The van der Waals surface area contributed by atoms with Crippen molar-refractivity contribution in [3.8, 4) is 0 Å². The van der Waals surface area contributed by atoms with E-state index in [0.29, 0.717) is 25.4 Å². The van der Waals surface area contributed by atoms with Crippen molar-refractivity contribution >= 4 is 27.6 Å². The van der Waals surface area contributed by atoms with E-state index in [0.717, 1.165) is 33.0 Å². The van der Waals surface area contributed by atoms with Crippen molar-refractivity contribution < 1.29 is 17.6 Å². The molecule has 0 radical (unpaired) electrons. The van der Waals surface area contributed by atoms with Crippen molar-refractivity contribution in [3.05, 3.63) is 107 Å². The number of fused-ring (bicyclic) bond motifs is 1. The van der Waals surface area contributed by atoms with E-state index in [1.54, 1.807) is 11.8 Å². The molecule has 0 N–H and O–H groups in total. The van der Waals surface area contributed by atoms with Gasteiger partial charge in [0.1, 0.15) is 5.76 Å². The van der Waals surface area contributed by atoms with Crippen LogP contribution < -0.4 is 0 Å². The lowest BCUT2D eigenvalue weighted by molar-refractivity contribution is -0.153. The molecule has 1 aliphatic heterocycles. The van der Waals surface area contributed by atoms with Crippen LogP contribution in [0.15, 0.2) is 82.2 Å². The van der Waals surface area contributed by atoms with E-state index in [4.69, 9.17) is 9.41 Å². The van der Waals surface area contributed by atoms with Crippen LogP contribution in [0.3, 0.4) is 0 Å². The number of thioether (sulfide) groups is 1. The highest BCUT2D eigenvalue weighted by molar-refractivity contribution is 8.15. The van der Waals surface area contributed by atoms with E-state index in [-0.39, 0.29) is 17.2 Å². The number of hydrogen-bond donors (Lipinski definition) is 0. The van der Waals surface area contributed by atoms with Crippen LogP contribution >= 0.6 is 11.8 Å². The van der Waals surface area contributed by atoms with Crippen molar-refractivity contribution in [3.63, 3.8) is 0 Å². The highest BCUT2D eigenvalue weighted by Crippen LogP contribution is 2.33. The highest BCUT2D eigenvalue weighted by atomic mass is 32.2. The van der Waals surface area contributed by atoms with E-state index in [9.17, 15) is 13.2 Å². The summed E-state index contributed by atoms with van der Waals surface area (Å²) in [7, 11) is 0. The summed E-state index contributed by atoms with van der Waals surface area (Å²) in [6, 6.07) is 23.5. The van der Waals surface area contributed by atoms with Gasteiger partial charge in [0.25, 0.3) is 0 Å². The van der Waals surface area contributed by atoms with Gasteiger partial charge in [0.15, 0.2) is 0 Å². The van der Waals surface area contributed by atoms with Crippen molar-refractivity contribution in [1.29, 1.82) is 0 Å². The predicted molar refractivity (Wildman–Crippen MR) is 154 cm³/mol. The van der Waals surface area contributed by atoms with Crippen molar-refractivity contribution in [2.75, 3.05) is 13.1 Å². The number of hydrogen-bond acceptors (Lipinski definition) is 4. The SMILES string of the molecule is Cc1ccc2ccccc2c1CN(Cc1ccc(C(F)(F)F)o1)CC1CN=C(c2cccc(C(C)(C)C)c2)S1. The quantitative estimate of drug-likeness (QED) is 0.231. The second-order valence-electron chi connectivity index (χ2n) is 11.2. The van der Waals surface area contributed by atoms with Crippen LogP contribution in [-0.4, -0.2) is 28.3 Å². The lowest BCUT2D eigenvalue weighted by Crippen LogP contribution is -2.31. The molecule has 39 heavy (non-hydrogen) atoms. The highest BCUT2D eigenvalue weighted by Gasteiger charge is 2.35. The smallest absolute Gasteiger partial charge is 0.449 e. The molecule has 0 aliphatic carbocycles. The molecule has 2 heterocycles. The van der Waals surface area contributed by atoms with Crippen LogP contribution in [0.5, 0.6) is 0 Å². The molecule has 3 aromatic carbocycles. The van der Waals surface area contributed by atoms with E-state index in [1.165, 1.54) is 17.2 Å². The van der Waals surface area contributed by atoms with Gasteiger partial charge in [-0.1, -0.05) is 87.1 Å². The number of nitrogens with zero attached hydrogens (tertiary/aromatic N) is 2. The standard InChI is InChI=1S/C32H33F3N2OS/c1-21-12-13-22-8-5-6-11-27(22)28(21)20-37(18-25-14-15-29(38-25)32(33,34)35)19-26-17-36-30(39-26)23-9-7-10-24(16-23)31(2,3)4/h5-16,26H,17-20H2,1-4H3. The molecular formula is C32H33F3N2OS. The molecule has 3 nitrogen and oxygen atoms in total. The molecule has 0 bridgehead atoms. The van der Waals surface area contributed by atoms with Crippen LogP contribution in [-0.2, 0) is 24.7 Å². The molecule has 4 aromatic rings. The van der Waals surface area contributed by atoms with Gasteiger partial charge in [-0.05, 0) is 58.0 Å². The number of furan rings is 1. The van der Waals surface area contributed by atoms with Gasteiger partial charge in [-0.3, -0.25) is 9.89 Å². The fourth-order valence-electron chi connectivity index (χ4n) is 4.98. The molecule has 1 atom stereocenters. The Hall–Kier alpha value is -3.03. The summed E-state index contributed by atoms with van der Waals surface area (Å²) in [6.45, 7) is 10.9. The Balaban J connectivity index is 1.38. The van der Waals surface area contributed by atoms with Crippen LogP contribution in [0.1, 0.15) is 54.5 Å². The third-order valence-electron chi connectivity index (χ3n) is 7.13. The lowest BCUT2D eigenvalue weighted by Gasteiger charge is -2.26. The van der Waals surface area contributed by atoms with Crippen molar-refractivity contribution in [1.82, 2.24) is 4.90 Å². The maximum atomic E-state index is 13.2. The van der Waals surface area contributed by atoms with E-state index in [2.05, 4.69) is 81.1 Å². The molecule has 7 heteroatoms. The number of halogens is 3. The fourth-order valence-corrected chi connectivity index (χ4v) is 6.14. The maximum Gasteiger partial charge on any atom is 0.449 e. The lowest BCUT2D eigenvalue weighted by atomic mass is 9.86. The number of aryl methyl sites for hydroxylation is 1. The molecule has 204 valence electrons.